The van der Waals surface area contributed by atoms with E-state index in [-0.39, 0.29) is 6.03 Å². The van der Waals surface area contributed by atoms with Crippen molar-refractivity contribution in [2.45, 2.75) is 20.3 Å². The van der Waals surface area contributed by atoms with Crippen molar-refractivity contribution < 1.29 is 9.53 Å². The Hall–Kier alpha value is -0.810. The number of nitrogens with zero attached hydrogens (tertiary/aromatic N) is 1. The predicted molar refractivity (Wildman–Crippen MR) is 60.8 cm³/mol. The summed E-state index contributed by atoms with van der Waals surface area (Å²) in [5.41, 5.74) is 5.27. The van der Waals surface area contributed by atoms with Crippen LogP contribution in [0.4, 0.5) is 4.79 Å². The minimum absolute atomic E-state index is 0.00109. The first kappa shape index (κ1) is 14.2. The topological polar surface area (TPSA) is 67.6 Å². The molecule has 5 heteroatoms. The van der Waals surface area contributed by atoms with Crippen molar-refractivity contribution in [1.82, 2.24) is 10.2 Å². The molecule has 0 saturated heterocycles. The van der Waals surface area contributed by atoms with Crippen molar-refractivity contribution in [1.29, 1.82) is 0 Å². The number of urea groups is 1. The van der Waals surface area contributed by atoms with Crippen LogP contribution in [0.2, 0.25) is 0 Å². The quantitative estimate of drug-likeness (QED) is 0.578. The van der Waals surface area contributed by atoms with E-state index < -0.39 is 0 Å². The summed E-state index contributed by atoms with van der Waals surface area (Å²) in [6.45, 7) is 7.85. The van der Waals surface area contributed by atoms with E-state index in [1.807, 2.05) is 13.8 Å². The van der Waals surface area contributed by atoms with E-state index in [2.05, 4.69) is 5.32 Å². The average Bonchev–Trinajstić information content (AvgIpc) is 2.25. The fourth-order valence-corrected chi connectivity index (χ4v) is 1.18. The van der Waals surface area contributed by atoms with Gasteiger partial charge in [-0.05, 0) is 20.3 Å². The minimum Gasteiger partial charge on any atom is -0.380 e. The first-order valence-corrected chi connectivity index (χ1v) is 5.56. The largest absolute Gasteiger partial charge is 0.380 e. The van der Waals surface area contributed by atoms with Crippen LogP contribution in [0.5, 0.6) is 0 Å². The van der Waals surface area contributed by atoms with Crippen molar-refractivity contribution in [3.05, 3.63) is 0 Å². The number of carbonyl (C=O) groups is 1. The molecule has 0 aliphatic heterocycles. The van der Waals surface area contributed by atoms with Gasteiger partial charge in [0.1, 0.15) is 0 Å². The highest BCUT2D eigenvalue weighted by Gasteiger charge is 2.06. The lowest BCUT2D eigenvalue weighted by molar-refractivity contribution is 0.138. The van der Waals surface area contributed by atoms with Gasteiger partial charge in [-0.15, -0.1) is 0 Å². The van der Waals surface area contributed by atoms with Crippen molar-refractivity contribution in [3.63, 3.8) is 0 Å². The molecule has 0 aliphatic carbocycles. The zero-order chi connectivity index (χ0) is 11.5. The lowest BCUT2D eigenvalue weighted by atomic mass is 10.4. The number of nitrogens with one attached hydrogen (secondary N) is 1. The summed E-state index contributed by atoms with van der Waals surface area (Å²) in [5.74, 6) is 0. The van der Waals surface area contributed by atoms with Gasteiger partial charge in [0.25, 0.3) is 0 Å². The molecule has 0 unspecified atom stereocenters. The second kappa shape index (κ2) is 9.73. The SMILES string of the molecule is CCN(CC)C(=O)NCCCOCCN. The van der Waals surface area contributed by atoms with E-state index in [4.69, 9.17) is 10.5 Å². The lowest BCUT2D eigenvalue weighted by Gasteiger charge is -2.19. The van der Waals surface area contributed by atoms with Gasteiger partial charge in [-0.1, -0.05) is 0 Å². The van der Waals surface area contributed by atoms with Crippen molar-refractivity contribution >= 4 is 6.03 Å². The van der Waals surface area contributed by atoms with Crippen LogP contribution in [0, 0.1) is 0 Å². The Morgan fingerprint density at radius 3 is 2.53 bits per heavy atom. The second-order valence-electron chi connectivity index (χ2n) is 3.16. The zero-order valence-electron chi connectivity index (χ0n) is 9.79. The van der Waals surface area contributed by atoms with E-state index in [1.54, 1.807) is 4.90 Å². The summed E-state index contributed by atoms with van der Waals surface area (Å²) in [6, 6.07) is -0.00109. The van der Waals surface area contributed by atoms with Crippen LogP contribution in [0.25, 0.3) is 0 Å². The van der Waals surface area contributed by atoms with Gasteiger partial charge >= 0.3 is 6.03 Å². The molecule has 0 heterocycles. The van der Waals surface area contributed by atoms with E-state index in [0.29, 0.717) is 26.3 Å². The molecule has 0 fully saturated rings. The molecular formula is C10H23N3O2. The molecule has 0 radical (unpaired) electrons. The summed E-state index contributed by atoms with van der Waals surface area (Å²) in [5, 5.41) is 2.84. The van der Waals surface area contributed by atoms with Gasteiger partial charge in [-0.2, -0.15) is 0 Å². The van der Waals surface area contributed by atoms with E-state index in [9.17, 15) is 4.79 Å². The first-order chi connectivity index (χ1) is 7.26. The highest BCUT2D eigenvalue weighted by Crippen LogP contribution is 1.88. The van der Waals surface area contributed by atoms with E-state index in [0.717, 1.165) is 19.5 Å². The molecular weight excluding hydrogens is 194 g/mol. The third-order valence-corrected chi connectivity index (χ3v) is 2.05. The Bertz CT molecular complexity index is 161. The maximum Gasteiger partial charge on any atom is 0.317 e. The number of hydrogen-bond acceptors (Lipinski definition) is 3. The Morgan fingerprint density at radius 2 is 2.00 bits per heavy atom. The molecule has 0 rings (SSSR count). The second-order valence-corrected chi connectivity index (χ2v) is 3.16. The minimum atomic E-state index is -0.00109. The highest BCUT2D eigenvalue weighted by molar-refractivity contribution is 5.73. The number of rotatable bonds is 8. The van der Waals surface area contributed by atoms with Crippen LogP contribution in [0.15, 0.2) is 0 Å². The molecule has 2 amide bonds. The van der Waals surface area contributed by atoms with Gasteiger partial charge in [0.15, 0.2) is 0 Å². The number of nitrogens with two attached hydrogens (primary N) is 1. The van der Waals surface area contributed by atoms with Crippen molar-refractivity contribution in [2.24, 2.45) is 5.73 Å². The molecule has 0 aromatic carbocycles. The summed E-state index contributed by atoms with van der Waals surface area (Å²) in [6.07, 6.45) is 0.826. The van der Waals surface area contributed by atoms with Crippen LogP contribution in [-0.4, -0.2) is 50.3 Å². The molecule has 15 heavy (non-hydrogen) atoms. The molecule has 90 valence electrons. The van der Waals surface area contributed by atoms with Gasteiger partial charge in [-0.3, -0.25) is 0 Å². The van der Waals surface area contributed by atoms with Crippen LogP contribution in [0.1, 0.15) is 20.3 Å². The van der Waals surface area contributed by atoms with Crippen LogP contribution in [-0.2, 0) is 4.74 Å². The monoisotopic (exact) mass is 217 g/mol. The standard InChI is InChI=1S/C10H23N3O2/c1-3-13(4-2)10(14)12-7-5-8-15-9-6-11/h3-9,11H2,1-2H3,(H,12,14). The van der Waals surface area contributed by atoms with Crippen LogP contribution >= 0.6 is 0 Å². The van der Waals surface area contributed by atoms with Gasteiger partial charge in [0.2, 0.25) is 0 Å². The maximum atomic E-state index is 11.4. The average molecular weight is 217 g/mol. The third-order valence-electron chi connectivity index (χ3n) is 2.05. The molecule has 5 nitrogen and oxygen atoms in total. The molecule has 3 N–H and O–H groups in total. The van der Waals surface area contributed by atoms with Crippen LogP contribution in [0.3, 0.4) is 0 Å². The van der Waals surface area contributed by atoms with Gasteiger partial charge in [-0.25, -0.2) is 4.79 Å². The number of hydrogen-bond donors (Lipinski definition) is 2. The van der Waals surface area contributed by atoms with Gasteiger partial charge in [0, 0.05) is 32.8 Å². The molecule has 0 bridgehead atoms. The Labute approximate surface area is 91.9 Å². The Balaban J connectivity index is 3.38. The first-order valence-electron chi connectivity index (χ1n) is 5.56. The van der Waals surface area contributed by atoms with Crippen LogP contribution < -0.4 is 11.1 Å². The molecule has 0 spiro atoms. The maximum absolute atomic E-state index is 11.4. The molecule has 0 aromatic rings. The smallest absolute Gasteiger partial charge is 0.317 e. The van der Waals surface area contributed by atoms with E-state index >= 15 is 0 Å². The van der Waals surface area contributed by atoms with Crippen molar-refractivity contribution in [3.8, 4) is 0 Å². The molecule has 0 aliphatic rings. The molecule has 0 saturated carbocycles. The third kappa shape index (κ3) is 7.16. The summed E-state index contributed by atoms with van der Waals surface area (Å²) in [7, 11) is 0. The summed E-state index contributed by atoms with van der Waals surface area (Å²) >= 11 is 0. The Kier molecular flexibility index (Phi) is 9.21. The predicted octanol–water partition coefficient (Wildman–Crippen LogP) is 0.403. The fourth-order valence-electron chi connectivity index (χ4n) is 1.18. The summed E-state index contributed by atoms with van der Waals surface area (Å²) in [4.78, 5) is 13.2. The molecule has 0 atom stereocenters. The van der Waals surface area contributed by atoms with Gasteiger partial charge in [0.05, 0.1) is 6.61 Å². The lowest BCUT2D eigenvalue weighted by Crippen LogP contribution is -2.40. The van der Waals surface area contributed by atoms with Crippen molar-refractivity contribution in [2.75, 3.05) is 39.4 Å². The molecule has 0 aromatic heterocycles. The Morgan fingerprint density at radius 1 is 1.33 bits per heavy atom. The normalized spacial score (nSPS) is 10.1. The summed E-state index contributed by atoms with van der Waals surface area (Å²) < 4.78 is 5.19. The van der Waals surface area contributed by atoms with Gasteiger partial charge < -0.3 is 20.7 Å². The number of amides is 2. The number of carbonyl (C=O) groups excluding carboxylic acids is 1. The highest BCUT2D eigenvalue weighted by atomic mass is 16.5. The fraction of sp³-hybridized carbons (Fsp3) is 0.900. The zero-order valence-corrected chi connectivity index (χ0v) is 9.79. The number of ether oxygens (including phenoxy) is 1. The van der Waals surface area contributed by atoms with E-state index in [1.165, 1.54) is 0 Å².